The maximum atomic E-state index is 9.52. The van der Waals surface area contributed by atoms with Gasteiger partial charge in [0.15, 0.2) is 6.10 Å². The zero-order valence-corrected chi connectivity index (χ0v) is 12.3. The highest BCUT2D eigenvalue weighted by molar-refractivity contribution is 5.78. The summed E-state index contributed by atoms with van der Waals surface area (Å²) in [5.41, 5.74) is 0. The third-order valence-electron chi connectivity index (χ3n) is 3.18. The van der Waals surface area contributed by atoms with Crippen molar-refractivity contribution < 1.29 is 25.2 Å². The normalized spacial score (nSPS) is 15.7. The van der Waals surface area contributed by atoms with Crippen molar-refractivity contribution in [1.82, 2.24) is 0 Å². The summed E-state index contributed by atoms with van der Waals surface area (Å²) in [6.45, 7) is 1.81. The zero-order valence-electron chi connectivity index (χ0n) is 12.3. The molecule has 0 saturated heterocycles. The van der Waals surface area contributed by atoms with Crippen LogP contribution in [0.3, 0.4) is 0 Å². The van der Waals surface area contributed by atoms with Gasteiger partial charge in [0.25, 0.3) is 0 Å². The molecule has 0 unspecified atom stereocenters. The Morgan fingerprint density at radius 3 is 2.10 bits per heavy atom. The lowest BCUT2D eigenvalue weighted by Gasteiger charge is -2.21. The van der Waals surface area contributed by atoms with E-state index in [1.54, 1.807) is 0 Å². The minimum Gasteiger partial charge on any atom is -0.479 e. The van der Waals surface area contributed by atoms with Gasteiger partial charge in [-0.2, -0.15) is 0 Å². The molecule has 20 heavy (non-hydrogen) atoms. The van der Waals surface area contributed by atoms with Crippen molar-refractivity contribution in [3.63, 3.8) is 0 Å². The Balaban J connectivity index is 3.62. The van der Waals surface area contributed by atoms with E-state index in [4.69, 9.17) is 20.4 Å². The van der Waals surface area contributed by atoms with E-state index in [0.717, 1.165) is 19.3 Å². The maximum Gasteiger partial charge on any atom is 0.213 e. The molecule has 3 atom stereocenters. The lowest BCUT2D eigenvalue weighted by atomic mass is 10.1. The van der Waals surface area contributed by atoms with Gasteiger partial charge in [-0.1, -0.05) is 45.4 Å². The van der Waals surface area contributed by atoms with Crippen LogP contribution in [-0.4, -0.2) is 57.8 Å². The lowest BCUT2D eigenvalue weighted by molar-refractivity contribution is -0.0612. The summed E-state index contributed by atoms with van der Waals surface area (Å²) in [6.07, 6.45) is 3.17. The van der Waals surface area contributed by atoms with Crippen molar-refractivity contribution in [1.29, 1.82) is 5.41 Å². The first-order chi connectivity index (χ1) is 9.54. The van der Waals surface area contributed by atoms with Crippen molar-refractivity contribution in [2.75, 3.05) is 13.2 Å². The fraction of sp³-hybridized carbons (Fsp3) is 0.929. The van der Waals surface area contributed by atoms with Gasteiger partial charge < -0.3 is 25.2 Å². The molecule has 0 aliphatic rings. The van der Waals surface area contributed by atoms with Crippen LogP contribution in [0, 0.1) is 5.41 Å². The van der Waals surface area contributed by atoms with Crippen LogP contribution < -0.4 is 0 Å². The van der Waals surface area contributed by atoms with Gasteiger partial charge in [0.2, 0.25) is 5.90 Å². The number of aliphatic hydroxyl groups excluding tert-OH is 4. The van der Waals surface area contributed by atoms with E-state index in [1.807, 2.05) is 0 Å². The third kappa shape index (κ3) is 8.47. The quantitative estimate of drug-likeness (QED) is 0.207. The van der Waals surface area contributed by atoms with E-state index in [0.29, 0.717) is 6.61 Å². The van der Waals surface area contributed by atoms with Gasteiger partial charge in [-0.15, -0.1) is 0 Å². The SMILES string of the molecule is CCCCCCCCCOC(=N)[C@H](O)[C@@H](O)[C@H](O)CO. The Kier molecular flexibility index (Phi) is 11.7. The van der Waals surface area contributed by atoms with E-state index < -0.39 is 30.8 Å². The topological polar surface area (TPSA) is 114 Å². The van der Waals surface area contributed by atoms with E-state index in [2.05, 4.69) is 6.92 Å². The van der Waals surface area contributed by atoms with Crippen LogP contribution >= 0.6 is 0 Å². The van der Waals surface area contributed by atoms with Crippen molar-refractivity contribution in [3.8, 4) is 0 Å². The monoisotopic (exact) mass is 291 g/mol. The first-order valence-corrected chi connectivity index (χ1v) is 7.40. The number of nitrogens with one attached hydrogen (secondary N) is 1. The van der Waals surface area contributed by atoms with Crippen LogP contribution in [0.25, 0.3) is 0 Å². The summed E-state index contributed by atoms with van der Waals surface area (Å²) in [5, 5.41) is 44.1. The molecular weight excluding hydrogens is 262 g/mol. The lowest BCUT2D eigenvalue weighted by Crippen LogP contribution is -2.44. The minimum absolute atomic E-state index is 0.311. The Hall–Kier alpha value is -0.690. The molecule has 0 aliphatic heterocycles. The number of hydrogen-bond acceptors (Lipinski definition) is 6. The molecule has 0 aromatic heterocycles. The van der Waals surface area contributed by atoms with Crippen LogP contribution in [0.2, 0.25) is 0 Å². The molecule has 0 fully saturated rings. The molecule has 0 rings (SSSR count). The van der Waals surface area contributed by atoms with Crippen LogP contribution in [0.4, 0.5) is 0 Å². The van der Waals surface area contributed by atoms with E-state index in [9.17, 15) is 10.2 Å². The number of unbranched alkanes of at least 4 members (excludes halogenated alkanes) is 6. The fourth-order valence-corrected chi connectivity index (χ4v) is 1.80. The molecule has 0 saturated carbocycles. The molecule has 0 aromatic rings. The van der Waals surface area contributed by atoms with Crippen LogP contribution in [0.5, 0.6) is 0 Å². The number of aliphatic hydroxyl groups is 4. The first kappa shape index (κ1) is 19.3. The Labute approximate surface area is 120 Å². The highest BCUT2D eigenvalue weighted by Gasteiger charge is 2.28. The van der Waals surface area contributed by atoms with Gasteiger partial charge in [-0.05, 0) is 6.42 Å². The second kappa shape index (κ2) is 12.1. The van der Waals surface area contributed by atoms with Crippen molar-refractivity contribution in [3.05, 3.63) is 0 Å². The van der Waals surface area contributed by atoms with Crippen LogP contribution in [0.15, 0.2) is 0 Å². The molecule has 6 nitrogen and oxygen atoms in total. The molecule has 6 heteroatoms. The van der Waals surface area contributed by atoms with Crippen molar-refractivity contribution in [2.45, 2.75) is 70.2 Å². The average molecular weight is 291 g/mol. The van der Waals surface area contributed by atoms with Crippen molar-refractivity contribution in [2.24, 2.45) is 0 Å². The molecule has 120 valence electrons. The van der Waals surface area contributed by atoms with Gasteiger partial charge in [-0.25, -0.2) is 0 Å². The highest BCUT2D eigenvalue weighted by Crippen LogP contribution is 2.08. The summed E-state index contributed by atoms with van der Waals surface area (Å²) < 4.78 is 5.03. The summed E-state index contributed by atoms with van der Waals surface area (Å²) in [6, 6.07) is 0. The molecular formula is C14H29NO5. The summed E-state index contributed by atoms with van der Waals surface area (Å²) in [5.74, 6) is -0.476. The summed E-state index contributed by atoms with van der Waals surface area (Å²) >= 11 is 0. The van der Waals surface area contributed by atoms with Gasteiger partial charge in [0.1, 0.15) is 12.2 Å². The van der Waals surface area contributed by atoms with Crippen LogP contribution in [0.1, 0.15) is 51.9 Å². The molecule has 0 amide bonds. The minimum atomic E-state index is -1.61. The molecule has 0 bridgehead atoms. The van der Waals surface area contributed by atoms with Gasteiger partial charge in [-0.3, -0.25) is 5.41 Å². The summed E-state index contributed by atoms with van der Waals surface area (Å²) in [4.78, 5) is 0. The zero-order chi connectivity index (χ0) is 15.4. The van der Waals surface area contributed by atoms with E-state index in [-0.39, 0.29) is 0 Å². The van der Waals surface area contributed by atoms with Crippen LogP contribution in [-0.2, 0) is 4.74 Å². The van der Waals surface area contributed by atoms with E-state index in [1.165, 1.54) is 25.7 Å². The first-order valence-electron chi connectivity index (χ1n) is 7.40. The average Bonchev–Trinajstić information content (AvgIpc) is 2.47. The third-order valence-corrected chi connectivity index (χ3v) is 3.18. The number of hydrogen-bond donors (Lipinski definition) is 5. The maximum absolute atomic E-state index is 9.52. The molecule has 0 aliphatic carbocycles. The van der Waals surface area contributed by atoms with Gasteiger partial charge in [0, 0.05) is 0 Å². The number of ether oxygens (including phenoxy) is 1. The highest BCUT2D eigenvalue weighted by atomic mass is 16.5. The molecule has 5 N–H and O–H groups in total. The predicted molar refractivity (Wildman–Crippen MR) is 76.8 cm³/mol. The Bertz CT molecular complexity index is 250. The molecule has 0 heterocycles. The Morgan fingerprint density at radius 2 is 1.55 bits per heavy atom. The largest absolute Gasteiger partial charge is 0.479 e. The smallest absolute Gasteiger partial charge is 0.213 e. The second-order valence-corrected chi connectivity index (χ2v) is 5.02. The van der Waals surface area contributed by atoms with Crippen molar-refractivity contribution >= 4 is 5.90 Å². The predicted octanol–water partition coefficient (Wildman–Crippen LogP) is 0.806. The van der Waals surface area contributed by atoms with Gasteiger partial charge in [0.05, 0.1) is 13.2 Å². The summed E-state index contributed by atoms with van der Waals surface area (Å²) in [7, 11) is 0. The standard InChI is InChI=1S/C14H29NO5/c1-2-3-4-5-6-7-8-9-20-14(15)13(19)12(18)11(17)10-16/h11-13,15-19H,2-10H2,1H3/t11-,12+,13-/m1/s1. The molecule has 0 aromatic carbocycles. The molecule has 0 spiro atoms. The molecule has 0 radical (unpaired) electrons. The Morgan fingerprint density at radius 1 is 1.00 bits per heavy atom. The van der Waals surface area contributed by atoms with E-state index >= 15 is 0 Å². The number of rotatable bonds is 12. The van der Waals surface area contributed by atoms with Gasteiger partial charge >= 0.3 is 0 Å². The second-order valence-electron chi connectivity index (χ2n) is 5.02. The fourth-order valence-electron chi connectivity index (χ4n) is 1.80.